The monoisotopic (exact) mass is 286 g/mol. The summed E-state index contributed by atoms with van der Waals surface area (Å²) in [6.07, 6.45) is 3.91. The first-order valence-electron chi connectivity index (χ1n) is 3.32. The van der Waals surface area contributed by atoms with Gasteiger partial charge in [0.25, 0.3) is 0 Å². The fourth-order valence-corrected chi connectivity index (χ4v) is 0.819. The molecule has 0 radical (unpaired) electrons. The van der Waals surface area contributed by atoms with Crippen molar-refractivity contribution in [1.29, 1.82) is 0 Å². The van der Waals surface area contributed by atoms with Crippen molar-refractivity contribution in [3.8, 4) is 0 Å². The van der Waals surface area contributed by atoms with Gasteiger partial charge in [0, 0.05) is 0 Å². The molecule has 0 amide bonds. The third-order valence-corrected chi connectivity index (χ3v) is 2.69. The topological polar surface area (TPSA) is 12.4 Å². The van der Waals surface area contributed by atoms with Crippen LogP contribution in [0.1, 0.15) is 13.8 Å². The number of allylic oxidation sites excluding steroid dienone is 2. The van der Waals surface area contributed by atoms with Crippen molar-refractivity contribution in [2.45, 2.75) is 17.4 Å². The van der Waals surface area contributed by atoms with Crippen LogP contribution in [0.15, 0.2) is 29.6 Å². The molecule has 0 aliphatic rings. The molecule has 4 heteroatoms. The molecule has 0 saturated heterocycles. The number of aliphatic imine (C=N–C) groups is 1. The van der Waals surface area contributed by atoms with E-state index in [4.69, 9.17) is 0 Å². The summed E-state index contributed by atoms with van der Waals surface area (Å²) in [5.41, 5.74) is 0. The third-order valence-electron chi connectivity index (χ3n) is 1.15. The zero-order valence-corrected chi connectivity index (χ0v) is 9.18. The molecule has 0 rings (SSSR count). The standard InChI is InChI=1S/C8H11F2IN/c1-4-8(3,11-10)12-6-5-7(2)9/h4-6H,1H2,2-3H3/q-1/b7-5+,12-6?. The van der Waals surface area contributed by atoms with E-state index in [1.165, 1.54) is 25.3 Å². The van der Waals surface area contributed by atoms with Crippen LogP contribution in [-0.4, -0.2) is 9.76 Å². The summed E-state index contributed by atoms with van der Waals surface area (Å²) in [6, 6.07) is 0. The van der Waals surface area contributed by atoms with Crippen LogP contribution in [-0.2, 0) is 0 Å². The second kappa shape index (κ2) is 5.40. The molecule has 0 fully saturated rings. The van der Waals surface area contributed by atoms with Crippen molar-refractivity contribution in [1.82, 2.24) is 0 Å². The Morgan fingerprint density at radius 3 is 2.58 bits per heavy atom. The quantitative estimate of drug-likeness (QED) is 0.223. The maximum absolute atomic E-state index is 12.4. The Hall–Kier alpha value is -0.260. The van der Waals surface area contributed by atoms with Crippen LogP contribution in [0.4, 0.5) is 7.25 Å². The number of halogens is 3. The minimum absolute atomic E-state index is 0.345. The van der Waals surface area contributed by atoms with E-state index < -0.39 is 25.3 Å². The van der Waals surface area contributed by atoms with Gasteiger partial charge in [0.1, 0.15) is 0 Å². The van der Waals surface area contributed by atoms with Gasteiger partial charge < -0.3 is 0 Å². The van der Waals surface area contributed by atoms with E-state index in [1.807, 2.05) is 0 Å². The first-order chi connectivity index (χ1) is 5.54. The Morgan fingerprint density at radius 2 is 2.25 bits per heavy atom. The van der Waals surface area contributed by atoms with Crippen molar-refractivity contribution in [2.24, 2.45) is 4.99 Å². The van der Waals surface area contributed by atoms with Gasteiger partial charge in [-0.2, -0.15) is 0 Å². The molecule has 0 aromatic heterocycles. The van der Waals surface area contributed by atoms with E-state index in [9.17, 15) is 7.25 Å². The van der Waals surface area contributed by atoms with Gasteiger partial charge in [0.05, 0.1) is 0 Å². The second-order valence-corrected chi connectivity index (χ2v) is 4.92. The Kier molecular flexibility index (Phi) is 5.28. The summed E-state index contributed by atoms with van der Waals surface area (Å²) in [4.78, 5) is 3.85. The van der Waals surface area contributed by atoms with Gasteiger partial charge in [-0.25, -0.2) is 0 Å². The molecule has 0 aliphatic heterocycles. The SMILES string of the molecule is C=CC(C)(N=C/C=C(\C)F)[I-]F. The molecule has 0 bridgehead atoms. The number of rotatable bonds is 4. The molecule has 0 N–H and O–H groups in total. The first kappa shape index (κ1) is 11.7. The number of nitrogens with zero attached hydrogens (tertiary/aromatic N) is 1. The minimum atomic E-state index is -1.54. The summed E-state index contributed by atoms with van der Waals surface area (Å²) in [7, 11) is 0. The zero-order chi connectivity index (χ0) is 9.61. The van der Waals surface area contributed by atoms with Gasteiger partial charge >= 0.3 is 82.2 Å². The normalized spacial score (nSPS) is 18.2. The average Bonchev–Trinajstić information content (AvgIpc) is 2.03. The molecule has 1 nitrogen and oxygen atoms in total. The van der Waals surface area contributed by atoms with Crippen molar-refractivity contribution in [3.63, 3.8) is 0 Å². The Morgan fingerprint density at radius 1 is 1.67 bits per heavy atom. The Balaban J connectivity index is 4.30. The van der Waals surface area contributed by atoms with E-state index >= 15 is 0 Å². The summed E-state index contributed by atoms with van der Waals surface area (Å²) >= 11 is -1.54. The van der Waals surface area contributed by atoms with E-state index in [2.05, 4.69) is 11.6 Å². The Bertz CT molecular complexity index is 209. The van der Waals surface area contributed by atoms with Crippen LogP contribution in [0, 0.1) is 0 Å². The fourth-order valence-electron chi connectivity index (χ4n) is 0.386. The van der Waals surface area contributed by atoms with E-state index in [-0.39, 0.29) is 5.83 Å². The first-order valence-corrected chi connectivity index (χ1v) is 5.22. The molecule has 0 aromatic rings. The molecule has 1 atom stereocenters. The predicted octanol–water partition coefficient (Wildman–Crippen LogP) is -0.194. The number of hydrogen-bond acceptors (Lipinski definition) is 1. The molecule has 70 valence electrons. The summed E-state index contributed by atoms with van der Waals surface area (Å²) < 4.78 is 23.7. The van der Waals surface area contributed by atoms with E-state index in [0.717, 1.165) is 0 Å². The van der Waals surface area contributed by atoms with Crippen LogP contribution < -0.4 is 21.8 Å². The van der Waals surface area contributed by atoms with Gasteiger partial charge in [-0.05, 0) is 0 Å². The van der Waals surface area contributed by atoms with Crippen LogP contribution in [0.2, 0.25) is 0 Å². The van der Waals surface area contributed by atoms with Crippen LogP contribution in [0.25, 0.3) is 0 Å². The second-order valence-electron chi connectivity index (χ2n) is 2.33. The molecule has 0 heterocycles. The van der Waals surface area contributed by atoms with Crippen LogP contribution in [0.5, 0.6) is 0 Å². The van der Waals surface area contributed by atoms with Crippen LogP contribution >= 0.6 is 0 Å². The number of alkyl halides is 1. The molecule has 1 unspecified atom stereocenters. The molecule has 0 spiro atoms. The van der Waals surface area contributed by atoms with Crippen LogP contribution in [0.3, 0.4) is 0 Å². The fraction of sp³-hybridized carbons (Fsp3) is 0.375. The summed E-state index contributed by atoms with van der Waals surface area (Å²) in [6.45, 7) is 6.40. The van der Waals surface area contributed by atoms with Crippen molar-refractivity contribution in [2.75, 3.05) is 0 Å². The zero-order valence-electron chi connectivity index (χ0n) is 7.02. The molecular formula is C8H11F2IN-. The van der Waals surface area contributed by atoms with Gasteiger partial charge in [0.2, 0.25) is 0 Å². The van der Waals surface area contributed by atoms with E-state index in [0.29, 0.717) is 0 Å². The third kappa shape index (κ3) is 4.58. The Labute approximate surface area is 82.3 Å². The van der Waals surface area contributed by atoms with E-state index in [1.54, 1.807) is 6.92 Å². The van der Waals surface area contributed by atoms with Gasteiger partial charge in [0.15, 0.2) is 0 Å². The maximum atomic E-state index is 12.4. The summed E-state index contributed by atoms with van der Waals surface area (Å²) in [5.74, 6) is -0.345. The predicted molar refractivity (Wildman–Crippen MR) is 43.1 cm³/mol. The van der Waals surface area contributed by atoms with Crippen molar-refractivity contribution in [3.05, 3.63) is 24.6 Å². The molecular weight excluding hydrogens is 275 g/mol. The molecule has 0 aliphatic carbocycles. The number of hydrogen-bond donors (Lipinski definition) is 0. The molecule has 12 heavy (non-hydrogen) atoms. The van der Waals surface area contributed by atoms with Gasteiger partial charge in [-0.3, -0.25) is 0 Å². The van der Waals surface area contributed by atoms with Gasteiger partial charge in [-0.1, -0.05) is 0 Å². The van der Waals surface area contributed by atoms with Crippen molar-refractivity contribution < 1.29 is 29.0 Å². The average molecular weight is 286 g/mol. The summed E-state index contributed by atoms with van der Waals surface area (Å²) in [5, 5.41) is 0. The van der Waals surface area contributed by atoms with Crippen molar-refractivity contribution >= 4 is 6.21 Å². The molecule has 0 saturated carbocycles. The molecule has 0 aromatic carbocycles. The van der Waals surface area contributed by atoms with Gasteiger partial charge in [-0.15, -0.1) is 0 Å².